The number of fused-ring (bicyclic) bond motifs is 1. The Bertz CT molecular complexity index is 957. The van der Waals surface area contributed by atoms with Crippen molar-refractivity contribution < 1.29 is 13.9 Å². The highest BCUT2D eigenvalue weighted by Crippen LogP contribution is 2.31. The predicted molar refractivity (Wildman–Crippen MR) is 103 cm³/mol. The van der Waals surface area contributed by atoms with Gasteiger partial charge in [-0.15, -0.1) is 0 Å². The van der Waals surface area contributed by atoms with Gasteiger partial charge in [0.05, 0.1) is 17.8 Å². The maximum Gasteiger partial charge on any atom is 0.333 e. The molecule has 0 amide bonds. The third-order valence-electron chi connectivity index (χ3n) is 5.22. The van der Waals surface area contributed by atoms with Gasteiger partial charge in [0.25, 0.3) is 0 Å². The third-order valence-corrected chi connectivity index (χ3v) is 5.46. The second-order valence-electron chi connectivity index (χ2n) is 7.13. The number of aliphatic hydroxyl groups is 1. The first kappa shape index (κ1) is 19.3. The van der Waals surface area contributed by atoms with Gasteiger partial charge in [-0.1, -0.05) is 11.6 Å². The van der Waals surface area contributed by atoms with Crippen LogP contribution in [0, 0.1) is 0 Å². The molecule has 0 unspecified atom stereocenters. The summed E-state index contributed by atoms with van der Waals surface area (Å²) in [6.45, 7) is -1.10. The lowest BCUT2D eigenvalue weighted by atomic mass is 9.97. The lowest BCUT2D eigenvalue weighted by Gasteiger charge is -2.28. The van der Waals surface area contributed by atoms with Gasteiger partial charge in [-0.25, -0.2) is 4.68 Å². The van der Waals surface area contributed by atoms with Crippen molar-refractivity contribution >= 4 is 22.5 Å². The first-order valence-corrected chi connectivity index (χ1v) is 9.81. The number of aromatic nitrogens is 4. The van der Waals surface area contributed by atoms with Crippen molar-refractivity contribution in [2.45, 2.75) is 50.9 Å². The van der Waals surface area contributed by atoms with Crippen LogP contribution < -0.4 is 5.32 Å². The van der Waals surface area contributed by atoms with E-state index < -0.39 is 6.55 Å². The van der Waals surface area contributed by atoms with Crippen LogP contribution in [0.4, 0.5) is 8.78 Å². The molecular weight excluding hydrogens is 388 g/mol. The fourth-order valence-electron chi connectivity index (χ4n) is 3.79. The summed E-state index contributed by atoms with van der Waals surface area (Å²) in [5, 5.41) is 23.2. The minimum Gasteiger partial charge on any atom is -0.392 e. The summed E-state index contributed by atoms with van der Waals surface area (Å²) in [5.41, 5.74) is 2.00. The highest BCUT2D eigenvalue weighted by molar-refractivity contribution is 6.31. The van der Waals surface area contributed by atoms with Crippen molar-refractivity contribution in [3.05, 3.63) is 35.6 Å². The highest BCUT2D eigenvalue weighted by Gasteiger charge is 2.22. The molecule has 0 radical (unpaired) electrons. The molecule has 0 bridgehead atoms. The molecule has 2 atom stereocenters. The average Bonchev–Trinajstić information content (AvgIpc) is 3.28. The van der Waals surface area contributed by atoms with E-state index in [0.29, 0.717) is 27.5 Å². The maximum atomic E-state index is 12.9. The first-order valence-electron chi connectivity index (χ1n) is 9.43. The predicted octanol–water partition coefficient (Wildman–Crippen LogP) is 3.84. The molecule has 1 aliphatic rings. The van der Waals surface area contributed by atoms with Crippen LogP contribution in [-0.4, -0.2) is 43.4 Å². The van der Waals surface area contributed by atoms with Gasteiger partial charge < -0.3 is 10.4 Å². The molecule has 150 valence electrons. The summed E-state index contributed by atoms with van der Waals surface area (Å²) in [6.07, 6.45) is 5.88. The second-order valence-corrected chi connectivity index (χ2v) is 7.57. The van der Waals surface area contributed by atoms with E-state index in [1.54, 1.807) is 12.1 Å². The molecule has 2 aromatic heterocycles. The van der Waals surface area contributed by atoms with E-state index in [4.69, 9.17) is 11.6 Å². The van der Waals surface area contributed by atoms with E-state index in [1.165, 1.54) is 12.4 Å². The second kappa shape index (κ2) is 8.14. The lowest BCUT2D eigenvalue weighted by molar-refractivity contribution is 0.0566. The van der Waals surface area contributed by atoms with Gasteiger partial charge in [0, 0.05) is 34.8 Å². The summed E-state index contributed by atoms with van der Waals surface area (Å²) in [5.74, 6) is 0. The van der Waals surface area contributed by atoms with Crippen molar-refractivity contribution in [3.63, 3.8) is 0 Å². The van der Waals surface area contributed by atoms with Crippen LogP contribution in [0.2, 0.25) is 5.02 Å². The zero-order chi connectivity index (χ0) is 19.7. The Hall–Kier alpha value is -2.03. The van der Waals surface area contributed by atoms with Gasteiger partial charge in [0.2, 0.25) is 0 Å². The van der Waals surface area contributed by atoms with Crippen molar-refractivity contribution in [1.29, 1.82) is 0 Å². The smallest absolute Gasteiger partial charge is 0.333 e. The monoisotopic (exact) mass is 409 g/mol. The van der Waals surface area contributed by atoms with Gasteiger partial charge in [-0.3, -0.25) is 4.68 Å². The van der Waals surface area contributed by atoms with Crippen LogP contribution in [0.15, 0.2) is 30.6 Å². The Labute approximate surface area is 166 Å². The SMILES string of the molecule is O[C@H]1CCCN[C@@H]1CCCn1nc(-c2cnn(C(F)F)c2)c2cc(Cl)ccc21. The molecule has 0 spiro atoms. The number of halogens is 3. The molecular formula is C19H22ClF2N5O. The summed E-state index contributed by atoms with van der Waals surface area (Å²) >= 11 is 6.15. The summed E-state index contributed by atoms with van der Waals surface area (Å²) in [4.78, 5) is 0. The largest absolute Gasteiger partial charge is 0.392 e. The Balaban J connectivity index is 1.58. The Morgan fingerprint density at radius 1 is 1.36 bits per heavy atom. The number of hydrogen-bond acceptors (Lipinski definition) is 4. The molecule has 2 N–H and O–H groups in total. The molecule has 1 aliphatic heterocycles. The molecule has 6 nitrogen and oxygen atoms in total. The number of rotatable bonds is 6. The number of benzene rings is 1. The first-order chi connectivity index (χ1) is 13.5. The van der Waals surface area contributed by atoms with Crippen molar-refractivity contribution in [1.82, 2.24) is 24.9 Å². The average molecular weight is 410 g/mol. The van der Waals surface area contributed by atoms with Crippen LogP contribution in [0.1, 0.15) is 32.2 Å². The van der Waals surface area contributed by atoms with E-state index >= 15 is 0 Å². The molecule has 3 aromatic rings. The van der Waals surface area contributed by atoms with Gasteiger partial charge >= 0.3 is 6.55 Å². The molecule has 1 saturated heterocycles. The molecule has 1 fully saturated rings. The summed E-state index contributed by atoms with van der Waals surface area (Å²) < 4.78 is 28.2. The van der Waals surface area contributed by atoms with Crippen molar-refractivity contribution in [2.75, 3.05) is 6.54 Å². The third kappa shape index (κ3) is 3.90. The molecule has 3 heterocycles. The number of nitrogens with zero attached hydrogens (tertiary/aromatic N) is 4. The number of hydrogen-bond donors (Lipinski definition) is 2. The topological polar surface area (TPSA) is 67.9 Å². The molecule has 28 heavy (non-hydrogen) atoms. The fraction of sp³-hybridized carbons (Fsp3) is 0.474. The van der Waals surface area contributed by atoms with Crippen LogP contribution in [0.5, 0.6) is 0 Å². The van der Waals surface area contributed by atoms with E-state index in [-0.39, 0.29) is 12.1 Å². The number of piperidine rings is 1. The number of aryl methyl sites for hydroxylation is 1. The van der Waals surface area contributed by atoms with E-state index in [1.807, 2.05) is 10.7 Å². The lowest BCUT2D eigenvalue weighted by Crippen LogP contribution is -2.44. The minimum atomic E-state index is -2.69. The van der Waals surface area contributed by atoms with E-state index in [2.05, 4.69) is 15.5 Å². The zero-order valence-electron chi connectivity index (χ0n) is 15.2. The molecule has 4 rings (SSSR count). The van der Waals surface area contributed by atoms with Crippen molar-refractivity contribution in [3.8, 4) is 11.3 Å². The minimum absolute atomic E-state index is 0.105. The summed E-state index contributed by atoms with van der Waals surface area (Å²) in [6, 6.07) is 5.58. The Morgan fingerprint density at radius 2 is 2.21 bits per heavy atom. The standard InChI is InChI=1S/C19H22ClF2N5O/c20-13-5-6-16-14(9-13)18(12-10-24-27(11-12)19(21)22)25-26(16)8-2-3-15-17(28)4-1-7-23-15/h5-6,9-11,15,17,19,23,28H,1-4,7-8H2/t15-,17+/m1/s1. The summed E-state index contributed by atoms with van der Waals surface area (Å²) in [7, 11) is 0. The molecule has 0 saturated carbocycles. The van der Waals surface area contributed by atoms with Gasteiger partial charge in [-0.05, 0) is 50.4 Å². The Kier molecular flexibility index (Phi) is 5.61. The van der Waals surface area contributed by atoms with Crippen LogP contribution in [0.25, 0.3) is 22.2 Å². The highest BCUT2D eigenvalue weighted by atomic mass is 35.5. The van der Waals surface area contributed by atoms with Gasteiger partial charge in [0.1, 0.15) is 5.69 Å². The van der Waals surface area contributed by atoms with Crippen LogP contribution >= 0.6 is 11.6 Å². The molecule has 0 aliphatic carbocycles. The fourth-order valence-corrected chi connectivity index (χ4v) is 3.97. The Morgan fingerprint density at radius 3 is 2.96 bits per heavy atom. The van der Waals surface area contributed by atoms with Crippen LogP contribution in [-0.2, 0) is 6.54 Å². The normalized spacial score (nSPS) is 20.3. The van der Waals surface area contributed by atoms with Crippen molar-refractivity contribution in [2.24, 2.45) is 0 Å². The van der Waals surface area contributed by atoms with E-state index in [9.17, 15) is 13.9 Å². The van der Waals surface area contributed by atoms with Gasteiger partial charge in [-0.2, -0.15) is 19.0 Å². The molecule has 1 aromatic carbocycles. The van der Waals surface area contributed by atoms with Gasteiger partial charge in [0.15, 0.2) is 0 Å². The number of alkyl halides is 2. The molecule has 9 heteroatoms. The zero-order valence-corrected chi connectivity index (χ0v) is 16.0. The maximum absolute atomic E-state index is 12.9. The van der Waals surface area contributed by atoms with Crippen LogP contribution in [0.3, 0.4) is 0 Å². The van der Waals surface area contributed by atoms with E-state index in [0.717, 1.165) is 43.1 Å². The quantitative estimate of drug-likeness (QED) is 0.649. The number of aliphatic hydroxyl groups excluding tert-OH is 1. The number of nitrogens with one attached hydrogen (secondary N) is 1.